The first-order chi connectivity index (χ1) is 12.5. The Balaban J connectivity index is 1.68. The predicted molar refractivity (Wildman–Crippen MR) is 98.9 cm³/mol. The Morgan fingerprint density at radius 1 is 1.15 bits per heavy atom. The van der Waals surface area contributed by atoms with E-state index in [9.17, 15) is 9.59 Å². The highest BCUT2D eigenvalue weighted by Crippen LogP contribution is 2.21. The summed E-state index contributed by atoms with van der Waals surface area (Å²) in [6.45, 7) is 4.00. The van der Waals surface area contributed by atoms with Crippen molar-refractivity contribution in [3.8, 4) is 5.75 Å². The first-order valence-electron chi connectivity index (χ1n) is 8.49. The second-order valence-corrected chi connectivity index (χ2v) is 6.32. The summed E-state index contributed by atoms with van der Waals surface area (Å²) in [7, 11) is 0. The van der Waals surface area contributed by atoms with Gasteiger partial charge in [-0.05, 0) is 36.6 Å². The lowest BCUT2D eigenvalue weighted by Crippen LogP contribution is -2.42. The molecule has 1 fully saturated rings. The molecule has 1 unspecified atom stereocenters. The van der Waals surface area contributed by atoms with E-state index in [1.807, 2.05) is 61.5 Å². The fourth-order valence-corrected chi connectivity index (χ4v) is 2.56. The van der Waals surface area contributed by atoms with E-state index in [0.717, 1.165) is 16.1 Å². The largest absolute Gasteiger partial charge is 0.489 e. The molecule has 134 valence electrons. The molecule has 1 saturated heterocycles. The number of imide groups is 1. The molecule has 1 N–H and O–H groups in total. The number of rotatable bonds is 6. The van der Waals surface area contributed by atoms with Crippen molar-refractivity contribution in [2.24, 2.45) is 5.10 Å². The van der Waals surface area contributed by atoms with Crippen LogP contribution in [-0.2, 0) is 11.4 Å². The maximum atomic E-state index is 12.3. The molecule has 1 aliphatic heterocycles. The lowest BCUT2D eigenvalue weighted by molar-refractivity contribution is -0.130. The van der Waals surface area contributed by atoms with Crippen LogP contribution >= 0.6 is 0 Å². The van der Waals surface area contributed by atoms with Gasteiger partial charge in [0.05, 0.1) is 6.21 Å². The molecule has 26 heavy (non-hydrogen) atoms. The molecule has 0 aromatic heterocycles. The van der Waals surface area contributed by atoms with Crippen LogP contribution in [0.1, 0.15) is 31.4 Å². The van der Waals surface area contributed by atoms with E-state index in [2.05, 4.69) is 10.4 Å². The number of hydrogen-bond acceptors (Lipinski definition) is 4. The molecule has 0 saturated carbocycles. The van der Waals surface area contributed by atoms with Gasteiger partial charge in [0.15, 0.2) is 0 Å². The quantitative estimate of drug-likeness (QED) is 0.641. The van der Waals surface area contributed by atoms with Gasteiger partial charge < -0.3 is 10.1 Å². The van der Waals surface area contributed by atoms with Crippen LogP contribution in [0.3, 0.4) is 0 Å². The summed E-state index contributed by atoms with van der Waals surface area (Å²) >= 11 is 0. The fourth-order valence-electron chi connectivity index (χ4n) is 2.56. The Morgan fingerprint density at radius 3 is 2.62 bits per heavy atom. The second kappa shape index (κ2) is 7.39. The van der Waals surface area contributed by atoms with Gasteiger partial charge in [-0.2, -0.15) is 5.10 Å². The zero-order valence-corrected chi connectivity index (χ0v) is 14.8. The number of nitrogens with one attached hydrogen (secondary N) is 1. The highest BCUT2D eigenvalue weighted by Gasteiger charge is 2.46. The zero-order chi connectivity index (χ0) is 18.6. The molecule has 6 nitrogen and oxygen atoms in total. The molecular weight excluding hydrogens is 330 g/mol. The first kappa shape index (κ1) is 17.7. The van der Waals surface area contributed by atoms with Gasteiger partial charge in [0.1, 0.15) is 17.9 Å². The van der Waals surface area contributed by atoms with Gasteiger partial charge in [0.25, 0.3) is 5.91 Å². The van der Waals surface area contributed by atoms with Crippen molar-refractivity contribution in [3.05, 3.63) is 65.7 Å². The van der Waals surface area contributed by atoms with Crippen LogP contribution in [-0.4, -0.2) is 28.7 Å². The molecule has 6 heteroatoms. The number of carbonyl (C=O) groups excluding carboxylic acids is 2. The van der Waals surface area contributed by atoms with Crippen molar-refractivity contribution < 1.29 is 14.3 Å². The van der Waals surface area contributed by atoms with Crippen LogP contribution in [0.2, 0.25) is 0 Å². The van der Waals surface area contributed by atoms with Crippen molar-refractivity contribution in [1.29, 1.82) is 0 Å². The third kappa shape index (κ3) is 3.74. The molecule has 0 spiro atoms. The monoisotopic (exact) mass is 351 g/mol. The van der Waals surface area contributed by atoms with Crippen molar-refractivity contribution in [2.75, 3.05) is 0 Å². The van der Waals surface area contributed by atoms with Crippen molar-refractivity contribution in [3.63, 3.8) is 0 Å². The predicted octanol–water partition coefficient (Wildman–Crippen LogP) is 3.32. The van der Waals surface area contributed by atoms with Gasteiger partial charge in [-0.15, -0.1) is 5.01 Å². The summed E-state index contributed by atoms with van der Waals surface area (Å²) < 4.78 is 5.78. The number of urea groups is 1. The van der Waals surface area contributed by atoms with Crippen molar-refractivity contribution in [2.45, 2.75) is 32.4 Å². The van der Waals surface area contributed by atoms with E-state index in [1.54, 1.807) is 6.92 Å². The van der Waals surface area contributed by atoms with Gasteiger partial charge >= 0.3 is 6.03 Å². The van der Waals surface area contributed by atoms with Crippen LogP contribution in [0.25, 0.3) is 0 Å². The average Bonchev–Trinajstić information content (AvgIpc) is 2.89. The second-order valence-electron chi connectivity index (χ2n) is 6.32. The molecule has 1 atom stereocenters. The third-order valence-corrected chi connectivity index (χ3v) is 4.38. The van der Waals surface area contributed by atoms with E-state index >= 15 is 0 Å². The van der Waals surface area contributed by atoms with E-state index in [-0.39, 0.29) is 5.91 Å². The Labute approximate surface area is 152 Å². The molecule has 1 heterocycles. The maximum absolute atomic E-state index is 12.3. The molecule has 0 bridgehead atoms. The maximum Gasteiger partial charge on any atom is 0.346 e. The standard InChI is InChI=1S/C20H21N3O3/c1-3-20(2)18(24)23(19(25)22-20)21-13-16-10-7-11-17(12-16)26-14-15-8-5-4-6-9-15/h4-13H,3,14H2,1-2H3,(H,22,25)/b21-13+. The van der Waals surface area contributed by atoms with E-state index in [0.29, 0.717) is 18.8 Å². The highest BCUT2D eigenvalue weighted by atomic mass is 16.5. The number of hydrazone groups is 1. The number of amides is 3. The first-order valence-corrected chi connectivity index (χ1v) is 8.49. The van der Waals surface area contributed by atoms with Gasteiger partial charge in [-0.1, -0.05) is 49.4 Å². The Hall–Kier alpha value is -3.15. The number of nitrogens with zero attached hydrogens (tertiary/aromatic N) is 2. The van der Waals surface area contributed by atoms with Crippen LogP contribution in [0, 0.1) is 0 Å². The SMILES string of the molecule is CCC1(C)NC(=O)N(/N=C/c2cccc(OCc3ccccc3)c2)C1=O. The third-order valence-electron chi connectivity index (χ3n) is 4.38. The molecule has 2 aromatic rings. The smallest absolute Gasteiger partial charge is 0.346 e. The van der Waals surface area contributed by atoms with Crippen molar-refractivity contribution >= 4 is 18.2 Å². The topological polar surface area (TPSA) is 71.0 Å². The average molecular weight is 351 g/mol. The minimum Gasteiger partial charge on any atom is -0.489 e. The number of ether oxygens (including phenoxy) is 1. The van der Waals surface area contributed by atoms with Gasteiger partial charge in [0, 0.05) is 0 Å². The normalized spacial score (nSPS) is 19.8. The lowest BCUT2D eigenvalue weighted by Gasteiger charge is -2.17. The van der Waals surface area contributed by atoms with Gasteiger partial charge in [-0.3, -0.25) is 4.79 Å². The summed E-state index contributed by atoms with van der Waals surface area (Å²) in [5, 5.41) is 7.59. The van der Waals surface area contributed by atoms with E-state index in [4.69, 9.17) is 4.74 Å². The van der Waals surface area contributed by atoms with Crippen molar-refractivity contribution in [1.82, 2.24) is 10.3 Å². The molecule has 0 aliphatic carbocycles. The highest BCUT2D eigenvalue weighted by molar-refractivity contribution is 6.07. The summed E-state index contributed by atoms with van der Waals surface area (Å²) in [6, 6.07) is 16.7. The fraction of sp³-hybridized carbons (Fsp3) is 0.250. The Bertz CT molecular complexity index is 835. The number of hydrogen-bond donors (Lipinski definition) is 1. The molecule has 1 aliphatic rings. The van der Waals surface area contributed by atoms with Gasteiger partial charge in [-0.25, -0.2) is 4.79 Å². The summed E-state index contributed by atoms with van der Waals surface area (Å²) in [4.78, 5) is 24.3. The van der Waals surface area contributed by atoms with Crippen LogP contribution < -0.4 is 10.1 Å². The molecule has 3 rings (SSSR count). The summed E-state index contributed by atoms with van der Waals surface area (Å²) in [5.74, 6) is 0.339. The number of carbonyl (C=O) groups is 2. The van der Waals surface area contributed by atoms with Crippen LogP contribution in [0.4, 0.5) is 4.79 Å². The molecule has 0 radical (unpaired) electrons. The van der Waals surface area contributed by atoms with Gasteiger partial charge in [0.2, 0.25) is 0 Å². The molecule has 2 aromatic carbocycles. The minimum atomic E-state index is -0.894. The van der Waals surface area contributed by atoms with Crippen LogP contribution in [0.5, 0.6) is 5.75 Å². The molecular formula is C20H21N3O3. The molecule has 3 amide bonds. The minimum absolute atomic E-state index is 0.349. The zero-order valence-electron chi connectivity index (χ0n) is 14.8. The summed E-state index contributed by atoms with van der Waals surface area (Å²) in [5.41, 5.74) is 0.917. The van der Waals surface area contributed by atoms with E-state index in [1.165, 1.54) is 6.21 Å². The lowest BCUT2D eigenvalue weighted by atomic mass is 10.00. The van der Waals surface area contributed by atoms with E-state index < -0.39 is 11.6 Å². The summed E-state index contributed by atoms with van der Waals surface area (Å²) in [6.07, 6.45) is 1.99. The number of benzene rings is 2. The van der Waals surface area contributed by atoms with Crippen LogP contribution in [0.15, 0.2) is 59.7 Å². The Kier molecular flexibility index (Phi) is 5.02. The Morgan fingerprint density at radius 2 is 1.92 bits per heavy atom.